The van der Waals surface area contributed by atoms with Gasteiger partial charge in [0.05, 0.1) is 0 Å². The van der Waals surface area contributed by atoms with Gasteiger partial charge >= 0.3 is 5.97 Å². The van der Waals surface area contributed by atoms with Crippen LogP contribution in [0.2, 0.25) is 0 Å². The predicted molar refractivity (Wildman–Crippen MR) is 71.5 cm³/mol. The van der Waals surface area contributed by atoms with Crippen molar-refractivity contribution >= 4 is 16.9 Å². The first kappa shape index (κ1) is 13.5. The zero-order valence-electron chi connectivity index (χ0n) is 10.7. The number of benzene rings is 1. The van der Waals surface area contributed by atoms with Gasteiger partial charge in [0.1, 0.15) is 11.9 Å². The molecule has 0 radical (unpaired) electrons. The molecule has 0 spiro atoms. The zero-order chi connectivity index (χ0) is 14.0. The van der Waals surface area contributed by atoms with E-state index in [1.54, 1.807) is 18.3 Å². The number of carbonyl (C=O) groups is 1. The summed E-state index contributed by atoms with van der Waals surface area (Å²) in [7, 11) is 0. The van der Waals surface area contributed by atoms with Gasteiger partial charge in [0.15, 0.2) is 0 Å². The van der Waals surface area contributed by atoms with Crippen LogP contribution in [-0.2, 0) is 4.79 Å². The number of fused-ring (bicyclic) bond motifs is 1. The highest BCUT2D eigenvalue weighted by atomic mass is 19.1. The number of aliphatic carboxylic acids is 1. The summed E-state index contributed by atoms with van der Waals surface area (Å²) < 4.78 is 13.9. The van der Waals surface area contributed by atoms with E-state index in [1.165, 1.54) is 6.07 Å². The van der Waals surface area contributed by atoms with E-state index in [0.717, 1.165) is 6.42 Å². The smallest absolute Gasteiger partial charge is 0.321 e. The van der Waals surface area contributed by atoms with Crippen molar-refractivity contribution in [3.63, 3.8) is 0 Å². The molecule has 1 aromatic heterocycles. The molecule has 0 saturated heterocycles. The van der Waals surface area contributed by atoms with E-state index >= 15 is 0 Å². The molecule has 5 heteroatoms. The quantitative estimate of drug-likeness (QED) is 0.776. The number of aromatic amines is 1. The molecule has 2 atom stereocenters. The van der Waals surface area contributed by atoms with Crippen molar-refractivity contribution in [3.05, 3.63) is 35.8 Å². The molecular weight excluding hydrogens is 247 g/mol. The Morgan fingerprint density at radius 3 is 2.89 bits per heavy atom. The van der Waals surface area contributed by atoms with Crippen LogP contribution in [0.5, 0.6) is 0 Å². The number of hydrogen-bond donors (Lipinski definition) is 3. The van der Waals surface area contributed by atoms with Crippen LogP contribution in [0.4, 0.5) is 4.39 Å². The van der Waals surface area contributed by atoms with E-state index in [1.807, 2.05) is 6.92 Å². The van der Waals surface area contributed by atoms with E-state index in [4.69, 9.17) is 10.8 Å². The van der Waals surface area contributed by atoms with Crippen molar-refractivity contribution < 1.29 is 14.3 Å². The van der Waals surface area contributed by atoms with Crippen molar-refractivity contribution in [1.82, 2.24) is 4.98 Å². The fourth-order valence-corrected chi connectivity index (χ4v) is 2.47. The van der Waals surface area contributed by atoms with Gasteiger partial charge in [-0.3, -0.25) is 4.79 Å². The molecule has 4 N–H and O–H groups in total. The summed E-state index contributed by atoms with van der Waals surface area (Å²) in [4.78, 5) is 14.1. The molecular formula is C14H17FN2O2. The van der Waals surface area contributed by atoms with Crippen LogP contribution in [0.25, 0.3) is 10.9 Å². The average molecular weight is 264 g/mol. The van der Waals surface area contributed by atoms with E-state index in [-0.39, 0.29) is 5.82 Å². The number of nitrogens with one attached hydrogen (secondary N) is 1. The van der Waals surface area contributed by atoms with Gasteiger partial charge in [0.2, 0.25) is 0 Å². The van der Waals surface area contributed by atoms with Crippen molar-refractivity contribution in [2.75, 3.05) is 0 Å². The summed E-state index contributed by atoms with van der Waals surface area (Å²) in [6, 6.07) is 3.72. The Bertz CT molecular complexity index is 594. The maximum absolute atomic E-state index is 13.9. The molecule has 0 unspecified atom stereocenters. The lowest BCUT2D eigenvalue weighted by molar-refractivity contribution is -0.139. The number of halogens is 1. The van der Waals surface area contributed by atoms with Gasteiger partial charge in [0, 0.05) is 23.0 Å². The largest absolute Gasteiger partial charge is 0.480 e. The van der Waals surface area contributed by atoms with Gasteiger partial charge in [-0.25, -0.2) is 4.39 Å². The van der Waals surface area contributed by atoms with Gasteiger partial charge in [0.25, 0.3) is 0 Å². The fraction of sp³-hybridized carbons (Fsp3) is 0.357. The minimum Gasteiger partial charge on any atom is -0.480 e. The van der Waals surface area contributed by atoms with Gasteiger partial charge < -0.3 is 15.8 Å². The lowest BCUT2D eigenvalue weighted by Crippen LogP contribution is -2.36. The van der Waals surface area contributed by atoms with Crippen molar-refractivity contribution in [1.29, 1.82) is 0 Å². The maximum Gasteiger partial charge on any atom is 0.321 e. The third kappa shape index (κ3) is 2.46. The lowest BCUT2D eigenvalue weighted by atomic mass is 9.87. The fourth-order valence-electron chi connectivity index (χ4n) is 2.47. The molecule has 0 amide bonds. The number of H-pyrrole nitrogens is 1. The first-order chi connectivity index (χ1) is 9.06. The topological polar surface area (TPSA) is 79.1 Å². The predicted octanol–water partition coefficient (Wildman–Crippen LogP) is 2.60. The SMILES string of the molecule is CCC[C@@H](c1c[nH]c2cccc(F)c12)[C@H](N)C(=O)O. The second kappa shape index (κ2) is 5.40. The summed E-state index contributed by atoms with van der Waals surface area (Å²) in [5.41, 5.74) is 7.05. The highest BCUT2D eigenvalue weighted by molar-refractivity contribution is 5.86. The summed E-state index contributed by atoms with van der Waals surface area (Å²) >= 11 is 0. The molecule has 1 heterocycles. The van der Waals surface area contributed by atoms with Gasteiger partial charge in [-0.15, -0.1) is 0 Å². The molecule has 0 saturated carbocycles. The standard InChI is InChI=1S/C14H17FN2O2/c1-2-4-8(13(16)14(18)19)9-7-17-11-6-3-5-10(15)12(9)11/h3,5-8,13,17H,2,4,16H2,1H3,(H,18,19)/t8-,13-/m0/s1. The van der Waals surface area contributed by atoms with Crippen molar-refractivity contribution in [2.24, 2.45) is 5.73 Å². The van der Waals surface area contributed by atoms with E-state index in [2.05, 4.69) is 4.98 Å². The Morgan fingerprint density at radius 2 is 2.26 bits per heavy atom. The van der Waals surface area contributed by atoms with Crippen LogP contribution in [-0.4, -0.2) is 22.1 Å². The van der Waals surface area contributed by atoms with Gasteiger partial charge in [-0.2, -0.15) is 0 Å². The van der Waals surface area contributed by atoms with Gasteiger partial charge in [-0.1, -0.05) is 19.4 Å². The Morgan fingerprint density at radius 1 is 1.53 bits per heavy atom. The second-order valence-electron chi connectivity index (χ2n) is 4.67. The normalized spacial score (nSPS) is 14.5. The molecule has 0 aliphatic carbocycles. The number of hydrogen-bond acceptors (Lipinski definition) is 2. The number of nitrogens with two attached hydrogens (primary N) is 1. The minimum absolute atomic E-state index is 0.354. The molecule has 1 aromatic carbocycles. The van der Waals surface area contributed by atoms with Crippen LogP contribution in [0.15, 0.2) is 24.4 Å². The van der Waals surface area contributed by atoms with E-state index < -0.39 is 17.9 Å². The first-order valence-electron chi connectivity index (χ1n) is 6.30. The van der Waals surface area contributed by atoms with E-state index in [0.29, 0.717) is 22.9 Å². The number of carboxylic acid groups (broad SMARTS) is 1. The Labute approximate surface area is 110 Å². The minimum atomic E-state index is -1.07. The van der Waals surface area contributed by atoms with Gasteiger partial charge in [-0.05, 0) is 24.1 Å². The third-order valence-corrected chi connectivity index (χ3v) is 3.40. The number of rotatable bonds is 5. The molecule has 19 heavy (non-hydrogen) atoms. The van der Waals surface area contributed by atoms with Crippen LogP contribution < -0.4 is 5.73 Å². The van der Waals surface area contributed by atoms with E-state index in [9.17, 15) is 9.18 Å². The maximum atomic E-state index is 13.9. The Kier molecular flexibility index (Phi) is 3.85. The molecule has 4 nitrogen and oxygen atoms in total. The molecule has 0 bridgehead atoms. The Hall–Kier alpha value is -1.88. The molecule has 102 valence electrons. The first-order valence-corrected chi connectivity index (χ1v) is 6.30. The van der Waals surface area contributed by atoms with Crippen LogP contribution >= 0.6 is 0 Å². The second-order valence-corrected chi connectivity index (χ2v) is 4.67. The van der Waals surface area contributed by atoms with Crippen LogP contribution in [0.3, 0.4) is 0 Å². The molecule has 0 aliphatic rings. The van der Waals surface area contributed by atoms with Crippen LogP contribution in [0.1, 0.15) is 31.2 Å². The highest BCUT2D eigenvalue weighted by Crippen LogP contribution is 2.32. The van der Waals surface area contributed by atoms with Crippen molar-refractivity contribution in [3.8, 4) is 0 Å². The third-order valence-electron chi connectivity index (χ3n) is 3.40. The van der Waals surface area contributed by atoms with Crippen molar-refractivity contribution in [2.45, 2.75) is 31.7 Å². The monoisotopic (exact) mass is 264 g/mol. The molecule has 0 fully saturated rings. The van der Waals surface area contributed by atoms with Crippen LogP contribution in [0, 0.1) is 5.82 Å². The number of aromatic nitrogens is 1. The zero-order valence-corrected chi connectivity index (χ0v) is 10.7. The summed E-state index contributed by atoms with van der Waals surface area (Å²) in [5.74, 6) is -1.82. The lowest BCUT2D eigenvalue weighted by Gasteiger charge is -2.20. The molecule has 0 aliphatic heterocycles. The summed E-state index contributed by atoms with van der Waals surface area (Å²) in [5, 5.41) is 9.53. The number of carboxylic acids is 1. The molecule has 2 rings (SSSR count). The summed E-state index contributed by atoms with van der Waals surface area (Å²) in [6.45, 7) is 1.95. The molecule has 2 aromatic rings. The highest BCUT2D eigenvalue weighted by Gasteiger charge is 2.28. The average Bonchev–Trinajstić information content (AvgIpc) is 2.80. The Balaban J connectivity index is 2.53. The summed E-state index contributed by atoms with van der Waals surface area (Å²) in [6.07, 6.45) is 3.05.